The average molecular weight is 393 g/mol. The van der Waals surface area contributed by atoms with Crippen molar-refractivity contribution in [1.29, 1.82) is 0 Å². The van der Waals surface area contributed by atoms with E-state index in [2.05, 4.69) is 10.0 Å². The van der Waals surface area contributed by atoms with E-state index in [9.17, 15) is 13.2 Å². The van der Waals surface area contributed by atoms with Crippen LogP contribution in [0.2, 0.25) is 0 Å². The van der Waals surface area contributed by atoms with Gasteiger partial charge in [0.15, 0.2) is 0 Å². The molecule has 1 aromatic rings. The van der Waals surface area contributed by atoms with Crippen molar-refractivity contribution in [2.75, 3.05) is 12.4 Å². The summed E-state index contributed by atoms with van der Waals surface area (Å²) in [4.78, 5) is 12.5. The Hall–Kier alpha value is -1.02. The van der Waals surface area contributed by atoms with E-state index in [0.717, 1.165) is 12.8 Å². The normalized spacial score (nSPS) is 25.2. The first-order valence-corrected chi connectivity index (χ1v) is 9.73. The molecule has 2 saturated carbocycles. The summed E-state index contributed by atoms with van der Waals surface area (Å²) in [6, 6.07) is 4.30. The third-order valence-electron chi connectivity index (χ3n) is 4.39. The Balaban J connectivity index is 1.86. The minimum absolute atomic E-state index is 0.00590. The molecule has 1 unspecified atom stereocenters. The number of alkyl halides is 2. The number of amides is 1. The number of sulfonamides is 1. The molecule has 1 aromatic carbocycles. The fraction of sp³-hybridized carbons (Fsp3) is 0.533. The number of benzene rings is 1. The Morgan fingerprint density at radius 1 is 1.33 bits per heavy atom. The maximum atomic E-state index is 12.4. The molecular formula is C15H18Cl2N2O4S. The predicted octanol–water partition coefficient (Wildman–Crippen LogP) is 2.66. The molecule has 1 amide bonds. The summed E-state index contributed by atoms with van der Waals surface area (Å²) in [6.45, 7) is 1.66. The number of carbonyl (C=O) groups excluding carboxylic acids is 1. The van der Waals surface area contributed by atoms with Crippen LogP contribution in [0.4, 0.5) is 5.69 Å². The van der Waals surface area contributed by atoms with Crippen molar-refractivity contribution in [3.8, 4) is 5.75 Å². The van der Waals surface area contributed by atoms with Gasteiger partial charge in [0, 0.05) is 6.04 Å². The second-order valence-electron chi connectivity index (χ2n) is 6.43. The number of nitrogens with one attached hydrogen (secondary N) is 2. The van der Waals surface area contributed by atoms with Crippen LogP contribution in [-0.2, 0) is 14.8 Å². The topological polar surface area (TPSA) is 84.5 Å². The highest BCUT2D eigenvalue weighted by Gasteiger charge is 2.68. The predicted molar refractivity (Wildman–Crippen MR) is 92.1 cm³/mol. The molecular weight excluding hydrogens is 375 g/mol. The van der Waals surface area contributed by atoms with E-state index in [0.29, 0.717) is 12.2 Å². The monoisotopic (exact) mass is 392 g/mol. The number of hydrogen-bond acceptors (Lipinski definition) is 4. The SMILES string of the molecule is COc1ccc(S(=O)(=O)NC2CC2)cc1NC(=O)C1(C)CC1(Cl)Cl. The van der Waals surface area contributed by atoms with Gasteiger partial charge in [-0.15, -0.1) is 23.2 Å². The molecule has 0 spiro atoms. The van der Waals surface area contributed by atoms with E-state index >= 15 is 0 Å². The number of anilines is 1. The number of rotatable bonds is 6. The molecule has 24 heavy (non-hydrogen) atoms. The number of halogens is 2. The molecule has 0 saturated heterocycles. The average Bonchev–Trinajstić information content (AvgIpc) is 3.38. The van der Waals surface area contributed by atoms with Gasteiger partial charge >= 0.3 is 0 Å². The molecule has 6 nitrogen and oxygen atoms in total. The first kappa shape index (κ1) is 17.8. The molecule has 3 rings (SSSR count). The van der Waals surface area contributed by atoms with E-state index < -0.39 is 19.8 Å². The van der Waals surface area contributed by atoms with Crippen molar-refractivity contribution < 1.29 is 17.9 Å². The van der Waals surface area contributed by atoms with Gasteiger partial charge in [0.2, 0.25) is 15.9 Å². The maximum Gasteiger partial charge on any atom is 0.240 e. The molecule has 9 heteroatoms. The third-order valence-corrected chi connectivity index (χ3v) is 7.01. The van der Waals surface area contributed by atoms with Gasteiger partial charge in [0.25, 0.3) is 0 Å². The lowest BCUT2D eigenvalue weighted by atomic mass is 10.1. The zero-order valence-electron chi connectivity index (χ0n) is 13.2. The van der Waals surface area contributed by atoms with E-state index in [1.54, 1.807) is 6.92 Å². The highest BCUT2D eigenvalue weighted by Crippen LogP contribution is 2.64. The Morgan fingerprint density at radius 3 is 2.46 bits per heavy atom. The molecule has 2 aliphatic rings. The van der Waals surface area contributed by atoms with Crippen LogP contribution >= 0.6 is 23.2 Å². The zero-order chi connectivity index (χ0) is 17.8. The molecule has 2 N–H and O–H groups in total. The van der Waals surface area contributed by atoms with Crippen LogP contribution in [0, 0.1) is 5.41 Å². The standard InChI is InChI=1S/C15H18Cl2N2O4S/c1-14(8-15(14,16)17)13(20)18-11-7-10(5-6-12(11)23-2)24(21,22)19-9-3-4-9/h5-7,9,19H,3-4,8H2,1-2H3,(H,18,20). The number of carbonyl (C=O) groups is 1. The van der Waals surface area contributed by atoms with Crippen molar-refractivity contribution in [3.05, 3.63) is 18.2 Å². The van der Waals surface area contributed by atoms with Gasteiger partial charge in [-0.25, -0.2) is 13.1 Å². The van der Waals surface area contributed by atoms with Gasteiger partial charge in [-0.1, -0.05) is 0 Å². The lowest BCUT2D eigenvalue weighted by Gasteiger charge is -2.16. The molecule has 132 valence electrons. The number of methoxy groups -OCH3 is 1. The summed E-state index contributed by atoms with van der Waals surface area (Å²) < 4.78 is 31.3. The van der Waals surface area contributed by atoms with Crippen molar-refractivity contribution in [3.63, 3.8) is 0 Å². The van der Waals surface area contributed by atoms with Crippen LogP contribution in [0.25, 0.3) is 0 Å². The second-order valence-corrected chi connectivity index (χ2v) is 9.62. The molecule has 0 aliphatic heterocycles. The lowest BCUT2D eigenvalue weighted by Crippen LogP contribution is -2.27. The van der Waals surface area contributed by atoms with E-state index in [4.69, 9.17) is 27.9 Å². The Kier molecular flexibility index (Phi) is 4.27. The van der Waals surface area contributed by atoms with Gasteiger partial charge in [-0.3, -0.25) is 4.79 Å². The fourth-order valence-electron chi connectivity index (χ4n) is 2.35. The smallest absolute Gasteiger partial charge is 0.240 e. The summed E-state index contributed by atoms with van der Waals surface area (Å²) in [5.74, 6) is -0.0248. The molecule has 0 radical (unpaired) electrons. The Labute approximate surface area is 150 Å². The minimum Gasteiger partial charge on any atom is -0.495 e. The largest absolute Gasteiger partial charge is 0.495 e. The van der Waals surface area contributed by atoms with Gasteiger partial charge < -0.3 is 10.1 Å². The van der Waals surface area contributed by atoms with Gasteiger partial charge in [-0.2, -0.15) is 0 Å². The number of ether oxygens (including phenoxy) is 1. The fourth-order valence-corrected chi connectivity index (χ4v) is 4.38. The third kappa shape index (κ3) is 3.22. The van der Waals surface area contributed by atoms with Crippen LogP contribution in [0.5, 0.6) is 5.75 Å². The summed E-state index contributed by atoms with van der Waals surface area (Å²) >= 11 is 12.0. The van der Waals surface area contributed by atoms with Crippen LogP contribution < -0.4 is 14.8 Å². The van der Waals surface area contributed by atoms with E-state index in [1.807, 2.05) is 0 Å². The van der Waals surface area contributed by atoms with Crippen LogP contribution in [0.15, 0.2) is 23.1 Å². The lowest BCUT2D eigenvalue weighted by molar-refractivity contribution is -0.120. The minimum atomic E-state index is -3.63. The van der Waals surface area contributed by atoms with Crippen molar-refractivity contribution in [2.24, 2.45) is 5.41 Å². The Bertz CT molecular complexity index is 793. The van der Waals surface area contributed by atoms with Crippen molar-refractivity contribution in [2.45, 2.75) is 41.5 Å². The maximum absolute atomic E-state index is 12.4. The summed E-state index contributed by atoms with van der Waals surface area (Å²) in [5.41, 5.74) is -0.652. The summed E-state index contributed by atoms with van der Waals surface area (Å²) in [5, 5.41) is 2.68. The molecule has 2 fully saturated rings. The van der Waals surface area contributed by atoms with Gasteiger partial charge in [0.1, 0.15) is 10.1 Å². The summed E-state index contributed by atoms with van der Waals surface area (Å²) in [7, 11) is -2.19. The first-order chi connectivity index (χ1) is 11.1. The van der Waals surface area contributed by atoms with Crippen LogP contribution in [-0.4, -0.2) is 31.8 Å². The first-order valence-electron chi connectivity index (χ1n) is 7.49. The van der Waals surface area contributed by atoms with Gasteiger partial charge in [-0.05, 0) is 44.4 Å². The molecule has 0 bridgehead atoms. The molecule has 0 aromatic heterocycles. The van der Waals surface area contributed by atoms with Crippen molar-refractivity contribution in [1.82, 2.24) is 4.72 Å². The van der Waals surface area contributed by atoms with Crippen molar-refractivity contribution >= 4 is 44.8 Å². The molecule has 1 atom stereocenters. The van der Waals surface area contributed by atoms with E-state index in [1.165, 1.54) is 25.3 Å². The second kappa shape index (κ2) is 5.76. The quantitative estimate of drug-likeness (QED) is 0.728. The number of hydrogen-bond donors (Lipinski definition) is 2. The van der Waals surface area contributed by atoms with Gasteiger partial charge in [0.05, 0.1) is 23.1 Å². The highest BCUT2D eigenvalue weighted by atomic mass is 35.5. The van der Waals surface area contributed by atoms with Crippen LogP contribution in [0.3, 0.4) is 0 Å². The van der Waals surface area contributed by atoms with E-state index in [-0.39, 0.29) is 22.5 Å². The molecule has 2 aliphatic carbocycles. The Morgan fingerprint density at radius 2 is 1.96 bits per heavy atom. The van der Waals surface area contributed by atoms with Crippen LogP contribution in [0.1, 0.15) is 26.2 Å². The molecule has 0 heterocycles. The highest BCUT2D eigenvalue weighted by molar-refractivity contribution is 7.89. The zero-order valence-corrected chi connectivity index (χ0v) is 15.6. The summed E-state index contributed by atoms with van der Waals surface area (Å²) in [6.07, 6.45) is 2.01.